The average Bonchev–Trinajstić information content (AvgIpc) is 3.35. The number of piperidine rings is 1. The van der Waals surface area contributed by atoms with Crippen LogP contribution in [0.5, 0.6) is 0 Å². The molecule has 0 bridgehead atoms. The fourth-order valence-electron chi connectivity index (χ4n) is 4.16. The van der Waals surface area contributed by atoms with E-state index in [4.69, 9.17) is 5.73 Å². The summed E-state index contributed by atoms with van der Waals surface area (Å²) in [5, 5.41) is 8.91. The third-order valence-corrected chi connectivity index (χ3v) is 6.99. The molecule has 1 aromatic heterocycles. The van der Waals surface area contributed by atoms with Crippen molar-refractivity contribution in [2.45, 2.75) is 30.6 Å². The standard InChI is InChI=1S/C19H20N4O.C8H10O3S/c20-19(24)17-5-1-3-15-12-23(22-18(15)17)16-8-6-13(7-9-16)14-4-2-10-21-11-14;1-7-3-5-8(6-4-7)12(9)11-10-2/h1,3,5-9,12,14,21H,2,4,10-11H2,(H2,20,24);3-6H,1-2H3. The van der Waals surface area contributed by atoms with E-state index in [2.05, 4.69) is 43.9 Å². The van der Waals surface area contributed by atoms with Crippen LogP contribution in [0.1, 0.15) is 40.2 Å². The lowest BCUT2D eigenvalue weighted by molar-refractivity contribution is -0.166. The van der Waals surface area contributed by atoms with Gasteiger partial charge in [0.05, 0.1) is 23.3 Å². The third-order valence-electron chi connectivity index (χ3n) is 6.07. The van der Waals surface area contributed by atoms with Crippen LogP contribution in [-0.4, -0.2) is 40.1 Å². The molecule has 188 valence electrons. The van der Waals surface area contributed by atoms with Crippen molar-refractivity contribution in [3.8, 4) is 5.69 Å². The van der Waals surface area contributed by atoms with Crippen molar-refractivity contribution in [1.29, 1.82) is 0 Å². The number of fused-ring (bicyclic) bond motifs is 1. The van der Waals surface area contributed by atoms with Gasteiger partial charge in [0, 0.05) is 18.1 Å². The first kappa shape index (κ1) is 25.7. The van der Waals surface area contributed by atoms with Gasteiger partial charge in [0.25, 0.3) is 5.91 Å². The van der Waals surface area contributed by atoms with Gasteiger partial charge in [0.15, 0.2) is 0 Å². The van der Waals surface area contributed by atoms with Crippen LogP contribution in [0.25, 0.3) is 16.6 Å². The summed E-state index contributed by atoms with van der Waals surface area (Å²) in [7, 11) is 1.33. The maximum Gasteiger partial charge on any atom is 0.250 e. The Morgan fingerprint density at radius 3 is 2.50 bits per heavy atom. The van der Waals surface area contributed by atoms with Crippen molar-refractivity contribution in [1.82, 2.24) is 15.1 Å². The zero-order valence-electron chi connectivity index (χ0n) is 20.3. The van der Waals surface area contributed by atoms with Crippen molar-refractivity contribution >= 4 is 27.9 Å². The molecule has 2 unspecified atom stereocenters. The monoisotopic (exact) mass is 506 g/mol. The average molecular weight is 507 g/mol. The molecule has 0 aliphatic carbocycles. The van der Waals surface area contributed by atoms with E-state index in [1.54, 1.807) is 22.9 Å². The molecule has 1 fully saturated rings. The maximum absolute atomic E-state index is 11.5. The first-order valence-electron chi connectivity index (χ1n) is 11.7. The Hall–Kier alpha value is -3.37. The SMILES string of the molecule is COOS(=O)c1ccc(C)cc1.NC(=O)c1cccc2cn(-c3ccc(C4CCCNC4)cc3)nc12. The van der Waals surface area contributed by atoms with Crippen LogP contribution >= 0.6 is 0 Å². The van der Waals surface area contributed by atoms with Gasteiger partial charge < -0.3 is 11.1 Å². The molecular formula is C27H30N4O4S. The van der Waals surface area contributed by atoms with Crippen LogP contribution < -0.4 is 11.1 Å². The molecule has 0 radical (unpaired) electrons. The Balaban J connectivity index is 0.000000214. The summed E-state index contributed by atoms with van der Waals surface area (Å²) in [6.45, 7) is 4.13. The van der Waals surface area contributed by atoms with E-state index >= 15 is 0 Å². The number of hydrogen-bond donors (Lipinski definition) is 2. The lowest BCUT2D eigenvalue weighted by atomic mass is 9.92. The highest BCUT2D eigenvalue weighted by Crippen LogP contribution is 2.25. The van der Waals surface area contributed by atoms with Crippen molar-refractivity contribution in [2.24, 2.45) is 5.73 Å². The fraction of sp³-hybridized carbons (Fsp3) is 0.259. The van der Waals surface area contributed by atoms with Crippen LogP contribution in [-0.2, 0) is 20.3 Å². The Labute approximate surface area is 213 Å². The number of carbonyl (C=O) groups excluding carboxylic acids is 1. The number of carbonyl (C=O) groups is 1. The van der Waals surface area contributed by atoms with E-state index in [1.807, 2.05) is 37.4 Å². The van der Waals surface area contributed by atoms with Gasteiger partial charge in [-0.1, -0.05) is 42.0 Å². The number of aryl methyl sites for hydroxylation is 1. The summed E-state index contributed by atoms with van der Waals surface area (Å²) < 4.78 is 17.4. The predicted octanol–water partition coefficient (Wildman–Crippen LogP) is 4.19. The molecule has 1 amide bonds. The normalized spacial score (nSPS) is 16.2. The Kier molecular flexibility index (Phi) is 8.61. The molecule has 36 heavy (non-hydrogen) atoms. The highest BCUT2D eigenvalue weighted by atomic mass is 32.2. The van der Waals surface area contributed by atoms with Gasteiger partial charge in [0.1, 0.15) is 5.52 Å². The summed E-state index contributed by atoms with van der Waals surface area (Å²) in [4.78, 5) is 16.4. The molecule has 2 atom stereocenters. The zero-order valence-corrected chi connectivity index (χ0v) is 21.2. The largest absolute Gasteiger partial charge is 0.366 e. The molecule has 9 heteroatoms. The lowest BCUT2D eigenvalue weighted by Gasteiger charge is -2.23. The molecule has 1 aliphatic heterocycles. The van der Waals surface area contributed by atoms with Gasteiger partial charge in [-0.15, -0.1) is 4.33 Å². The summed E-state index contributed by atoms with van der Waals surface area (Å²) in [5.41, 5.74) is 10.00. The van der Waals surface area contributed by atoms with Crippen LogP contribution in [0.3, 0.4) is 0 Å². The molecule has 5 rings (SSSR count). The topological polar surface area (TPSA) is 108 Å². The van der Waals surface area contributed by atoms with E-state index in [-0.39, 0.29) is 0 Å². The molecule has 1 saturated heterocycles. The minimum Gasteiger partial charge on any atom is -0.366 e. The van der Waals surface area contributed by atoms with E-state index < -0.39 is 17.0 Å². The van der Waals surface area contributed by atoms with E-state index in [9.17, 15) is 9.00 Å². The molecule has 0 spiro atoms. The highest BCUT2D eigenvalue weighted by Gasteiger charge is 2.15. The van der Waals surface area contributed by atoms with Crippen LogP contribution in [0, 0.1) is 6.92 Å². The third kappa shape index (κ3) is 6.24. The Morgan fingerprint density at radius 1 is 1.11 bits per heavy atom. The Morgan fingerprint density at radius 2 is 1.86 bits per heavy atom. The molecule has 2 heterocycles. The van der Waals surface area contributed by atoms with Crippen LogP contribution in [0.2, 0.25) is 0 Å². The second-order valence-corrected chi connectivity index (χ2v) is 9.68. The maximum atomic E-state index is 11.5. The van der Waals surface area contributed by atoms with E-state index in [1.165, 1.54) is 25.5 Å². The lowest BCUT2D eigenvalue weighted by Crippen LogP contribution is -2.28. The second-order valence-electron chi connectivity index (χ2n) is 8.60. The fourth-order valence-corrected chi connectivity index (χ4v) is 4.72. The number of nitrogens with two attached hydrogens (primary N) is 1. The van der Waals surface area contributed by atoms with E-state index in [0.29, 0.717) is 21.9 Å². The predicted molar refractivity (Wildman–Crippen MR) is 140 cm³/mol. The first-order chi connectivity index (χ1) is 17.5. The number of aromatic nitrogens is 2. The number of primary amides is 1. The molecule has 3 aromatic carbocycles. The van der Waals surface area contributed by atoms with Crippen LogP contribution in [0.4, 0.5) is 0 Å². The summed E-state index contributed by atoms with van der Waals surface area (Å²) in [5.74, 6) is 0.136. The molecule has 3 N–H and O–H groups in total. The van der Waals surface area contributed by atoms with Crippen molar-refractivity contribution in [3.63, 3.8) is 0 Å². The molecule has 0 saturated carbocycles. The number of hydrogen-bond acceptors (Lipinski definition) is 6. The first-order valence-corrected chi connectivity index (χ1v) is 12.8. The second kappa shape index (κ2) is 12.0. The number of amides is 1. The van der Waals surface area contributed by atoms with Gasteiger partial charge in [-0.05, 0) is 68.1 Å². The minimum absolute atomic E-state index is 0.453. The molecule has 8 nitrogen and oxygen atoms in total. The summed E-state index contributed by atoms with van der Waals surface area (Å²) in [6, 6.07) is 21.2. The summed E-state index contributed by atoms with van der Waals surface area (Å²) in [6.07, 6.45) is 4.39. The van der Waals surface area contributed by atoms with Gasteiger partial charge in [-0.3, -0.25) is 4.79 Å². The Bertz CT molecular complexity index is 1330. The molecular weight excluding hydrogens is 476 g/mol. The van der Waals surface area contributed by atoms with Gasteiger partial charge in [-0.25, -0.2) is 13.8 Å². The van der Waals surface area contributed by atoms with Crippen molar-refractivity contribution in [2.75, 3.05) is 20.2 Å². The van der Waals surface area contributed by atoms with Crippen molar-refractivity contribution in [3.05, 3.63) is 89.6 Å². The smallest absolute Gasteiger partial charge is 0.250 e. The molecule has 4 aromatic rings. The number of nitrogens with zero attached hydrogens (tertiary/aromatic N) is 2. The van der Waals surface area contributed by atoms with Gasteiger partial charge in [0.2, 0.25) is 11.1 Å². The summed E-state index contributed by atoms with van der Waals surface area (Å²) >= 11 is -1.51. The van der Waals surface area contributed by atoms with Gasteiger partial charge >= 0.3 is 0 Å². The molecule has 1 aliphatic rings. The zero-order chi connectivity index (χ0) is 25.5. The number of benzene rings is 3. The number of nitrogens with one attached hydrogen (secondary N) is 1. The number of rotatable bonds is 6. The van der Waals surface area contributed by atoms with Gasteiger partial charge in [-0.2, -0.15) is 5.10 Å². The van der Waals surface area contributed by atoms with Crippen LogP contribution in [0.15, 0.2) is 77.8 Å². The minimum atomic E-state index is -1.51. The quantitative estimate of drug-likeness (QED) is 0.300. The highest BCUT2D eigenvalue weighted by molar-refractivity contribution is 7.80. The van der Waals surface area contributed by atoms with Crippen molar-refractivity contribution < 1.29 is 18.2 Å². The van der Waals surface area contributed by atoms with E-state index in [0.717, 1.165) is 29.7 Å².